The summed E-state index contributed by atoms with van der Waals surface area (Å²) in [5.74, 6) is -1.10. The third kappa shape index (κ3) is 11.5. The zero-order valence-corrected chi connectivity index (χ0v) is 28.2. The predicted octanol–water partition coefficient (Wildman–Crippen LogP) is 7.63. The van der Waals surface area contributed by atoms with E-state index in [1.54, 1.807) is 13.0 Å². The summed E-state index contributed by atoms with van der Waals surface area (Å²) < 4.78 is 17.4. The van der Waals surface area contributed by atoms with Crippen LogP contribution in [0.2, 0.25) is 0 Å². The van der Waals surface area contributed by atoms with E-state index < -0.39 is 28.9 Å². The number of rotatable bonds is 18. The van der Waals surface area contributed by atoms with Crippen LogP contribution in [0.25, 0.3) is 0 Å². The molecule has 0 unspecified atom stereocenters. The molecular formula is C33H53NO7S. The van der Waals surface area contributed by atoms with E-state index >= 15 is 0 Å². The molecule has 3 atom stereocenters. The zero-order chi connectivity index (χ0) is 32.0. The van der Waals surface area contributed by atoms with Crippen molar-refractivity contribution in [2.24, 2.45) is 0 Å². The fraction of sp³-hybridized carbons (Fsp3) is 0.667. The fourth-order valence-corrected chi connectivity index (χ4v) is 6.34. The van der Waals surface area contributed by atoms with Crippen LogP contribution in [-0.2, 0) is 19.1 Å². The maximum Gasteiger partial charge on any atom is 0.303 e. The van der Waals surface area contributed by atoms with Crippen LogP contribution in [0.1, 0.15) is 122 Å². The van der Waals surface area contributed by atoms with Crippen molar-refractivity contribution in [2.45, 2.75) is 123 Å². The Kier molecular flexibility index (Phi) is 16.1. The van der Waals surface area contributed by atoms with Gasteiger partial charge in [-0.1, -0.05) is 52.2 Å². The smallest absolute Gasteiger partial charge is 0.303 e. The van der Waals surface area contributed by atoms with E-state index in [4.69, 9.17) is 14.2 Å². The topological polar surface area (TPSA) is 102 Å². The summed E-state index contributed by atoms with van der Waals surface area (Å²) in [5.41, 5.74) is 0.470. The second-order valence-electron chi connectivity index (χ2n) is 11.5. The number of amides is 1. The van der Waals surface area contributed by atoms with Gasteiger partial charge in [-0.25, -0.2) is 0 Å². The molecule has 1 N–H and O–H groups in total. The number of methoxy groups -OCH3 is 1. The minimum Gasteiger partial charge on any atom is -0.507 e. The van der Waals surface area contributed by atoms with Gasteiger partial charge >= 0.3 is 11.9 Å². The van der Waals surface area contributed by atoms with E-state index in [0.717, 1.165) is 31.3 Å². The van der Waals surface area contributed by atoms with Crippen LogP contribution in [0, 0.1) is 0 Å². The largest absolute Gasteiger partial charge is 0.507 e. The lowest BCUT2D eigenvalue weighted by atomic mass is 9.85. The van der Waals surface area contributed by atoms with Crippen molar-refractivity contribution in [3.05, 3.63) is 34.9 Å². The molecule has 0 aliphatic carbocycles. The Balaban J connectivity index is 4.02. The van der Waals surface area contributed by atoms with Crippen molar-refractivity contribution < 1.29 is 33.7 Å². The molecule has 238 valence electrons. The number of phenolic OH excluding ortho intramolecular Hbond substituents is 1. The van der Waals surface area contributed by atoms with E-state index in [1.165, 1.54) is 38.8 Å². The molecule has 42 heavy (non-hydrogen) atoms. The standard InChI is InChI=1S/C33H53NO7S/c1-11-13-18-34(19-14-12-2)32(38)27-20-26(39-10)21-28(37)29(27)30(42-23(5)6)31(40-24(7)35)33(9,41-25(8)36)17-15-16-22(3)4/h16,20-21,23,30-31,37H,11-15,17-19H2,1-10H3/t30-,31+,33-/m0/s1. The number of carbonyl (C=O) groups excluding carboxylic acids is 3. The zero-order valence-electron chi connectivity index (χ0n) is 27.4. The van der Waals surface area contributed by atoms with Gasteiger partial charge in [0.15, 0.2) is 6.10 Å². The van der Waals surface area contributed by atoms with E-state index in [-0.39, 0.29) is 22.5 Å². The van der Waals surface area contributed by atoms with Gasteiger partial charge in [-0.3, -0.25) is 14.4 Å². The Hall–Kier alpha value is -2.68. The summed E-state index contributed by atoms with van der Waals surface area (Å²) >= 11 is 1.45. The van der Waals surface area contributed by atoms with Gasteiger partial charge in [0.25, 0.3) is 5.91 Å². The molecule has 9 heteroatoms. The summed E-state index contributed by atoms with van der Waals surface area (Å²) in [6, 6.07) is 3.12. The van der Waals surface area contributed by atoms with Crippen LogP contribution in [-0.4, -0.2) is 65.0 Å². The molecule has 0 saturated heterocycles. The number of hydrogen-bond donors (Lipinski definition) is 1. The van der Waals surface area contributed by atoms with Crippen molar-refractivity contribution >= 4 is 29.6 Å². The molecule has 0 radical (unpaired) electrons. The number of unbranched alkanes of at least 4 members (excludes halogenated alkanes) is 2. The van der Waals surface area contributed by atoms with Crippen molar-refractivity contribution in [1.82, 2.24) is 4.90 Å². The van der Waals surface area contributed by atoms with Gasteiger partial charge in [0.05, 0.1) is 17.9 Å². The summed E-state index contributed by atoms with van der Waals surface area (Å²) in [5, 5.41) is 10.8. The quantitative estimate of drug-likeness (QED) is 0.134. The van der Waals surface area contributed by atoms with Crippen LogP contribution < -0.4 is 4.74 Å². The van der Waals surface area contributed by atoms with Gasteiger partial charge in [-0.2, -0.15) is 0 Å². The maximum absolute atomic E-state index is 14.3. The third-order valence-electron chi connectivity index (χ3n) is 6.89. The Morgan fingerprint density at radius 2 is 1.62 bits per heavy atom. The molecule has 1 amide bonds. The molecule has 8 nitrogen and oxygen atoms in total. The average Bonchev–Trinajstić information content (AvgIpc) is 2.89. The van der Waals surface area contributed by atoms with E-state index in [2.05, 4.69) is 13.8 Å². The van der Waals surface area contributed by atoms with Gasteiger partial charge in [0, 0.05) is 38.6 Å². The van der Waals surface area contributed by atoms with Crippen molar-refractivity contribution in [2.75, 3.05) is 20.2 Å². The normalized spacial score (nSPS) is 14.0. The number of ether oxygens (including phenoxy) is 3. The number of benzene rings is 1. The fourth-order valence-electron chi connectivity index (χ4n) is 4.89. The Bertz CT molecular complexity index is 1060. The molecule has 1 aromatic rings. The van der Waals surface area contributed by atoms with Crippen LogP contribution in [0.15, 0.2) is 23.8 Å². The second kappa shape index (κ2) is 18.1. The van der Waals surface area contributed by atoms with E-state index in [1.807, 2.05) is 38.7 Å². The van der Waals surface area contributed by atoms with Gasteiger partial charge < -0.3 is 24.2 Å². The first-order valence-electron chi connectivity index (χ1n) is 15.1. The van der Waals surface area contributed by atoms with Gasteiger partial charge in [0.1, 0.15) is 17.1 Å². The number of esters is 2. The maximum atomic E-state index is 14.3. The lowest BCUT2D eigenvalue weighted by molar-refractivity contribution is -0.182. The number of nitrogens with zero attached hydrogens (tertiary/aromatic N) is 1. The summed E-state index contributed by atoms with van der Waals surface area (Å²) in [6.45, 7) is 17.7. The minimum absolute atomic E-state index is 0.00755. The molecule has 1 rings (SSSR count). The highest BCUT2D eigenvalue weighted by atomic mass is 32.2. The number of allylic oxidation sites excluding steroid dienone is 2. The molecule has 0 saturated carbocycles. The molecule has 0 fully saturated rings. The molecule has 0 spiro atoms. The highest BCUT2D eigenvalue weighted by molar-refractivity contribution is 8.00. The number of phenols is 1. The van der Waals surface area contributed by atoms with Crippen LogP contribution in [0.3, 0.4) is 0 Å². The Labute approximate surface area is 257 Å². The summed E-state index contributed by atoms with van der Waals surface area (Å²) in [6.07, 6.45) is 5.51. The summed E-state index contributed by atoms with van der Waals surface area (Å²) in [4.78, 5) is 41.1. The molecular weight excluding hydrogens is 554 g/mol. The summed E-state index contributed by atoms with van der Waals surface area (Å²) in [7, 11) is 1.48. The highest BCUT2D eigenvalue weighted by Gasteiger charge is 2.47. The molecule has 0 aliphatic heterocycles. The van der Waals surface area contributed by atoms with Crippen molar-refractivity contribution in [1.29, 1.82) is 0 Å². The number of aromatic hydroxyl groups is 1. The first kappa shape index (κ1) is 37.3. The molecule has 0 bridgehead atoms. The monoisotopic (exact) mass is 607 g/mol. The Morgan fingerprint density at radius 1 is 1.02 bits per heavy atom. The lowest BCUT2D eigenvalue weighted by Crippen LogP contribution is -2.49. The SMILES string of the molecule is CCCCN(CCCC)C(=O)c1cc(OC)cc(O)c1[C@H](SC(C)C)[C@@H](OC(C)=O)[C@](C)(CCC=C(C)C)OC(C)=O. The van der Waals surface area contributed by atoms with Crippen LogP contribution >= 0.6 is 11.8 Å². The highest BCUT2D eigenvalue weighted by Crippen LogP contribution is 2.48. The van der Waals surface area contributed by atoms with Crippen molar-refractivity contribution in [3.63, 3.8) is 0 Å². The van der Waals surface area contributed by atoms with Gasteiger partial charge in [-0.05, 0) is 57.8 Å². The number of hydrogen-bond acceptors (Lipinski definition) is 8. The lowest BCUT2D eigenvalue weighted by Gasteiger charge is -2.41. The van der Waals surface area contributed by atoms with Crippen LogP contribution in [0.4, 0.5) is 0 Å². The van der Waals surface area contributed by atoms with Crippen LogP contribution in [0.5, 0.6) is 11.5 Å². The van der Waals surface area contributed by atoms with Gasteiger partial charge in [0.2, 0.25) is 0 Å². The first-order valence-corrected chi connectivity index (χ1v) is 16.0. The minimum atomic E-state index is -1.26. The molecule has 0 heterocycles. The second-order valence-corrected chi connectivity index (χ2v) is 13.2. The number of thioether (sulfide) groups is 1. The molecule has 0 aliphatic rings. The molecule has 1 aromatic carbocycles. The average molecular weight is 608 g/mol. The predicted molar refractivity (Wildman–Crippen MR) is 170 cm³/mol. The number of carbonyl (C=O) groups is 3. The first-order chi connectivity index (χ1) is 19.7. The Morgan fingerprint density at radius 3 is 2.07 bits per heavy atom. The van der Waals surface area contributed by atoms with E-state index in [9.17, 15) is 19.5 Å². The molecule has 0 aromatic heterocycles. The van der Waals surface area contributed by atoms with Crippen molar-refractivity contribution in [3.8, 4) is 11.5 Å². The third-order valence-corrected chi connectivity index (χ3v) is 8.21. The van der Waals surface area contributed by atoms with E-state index in [0.29, 0.717) is 37.2 Å². The van der Waals surface area contributed by atoms with Gasteiger partial charge in [-0.15, -0.1) is 11.8 Å².